The Morgan fingerprint density at radius 1 is 0.963 bits per heavy atom. The van der Waals surface area contributed by atoms with E-state index in [1.54, 1.807) is 41.3 Å². The predicted octanol–water partition coefficient (Wildman–Crippen LogP) is 3.38. The number of benzene rings is 2. The minimum absolute atomic E-state index is 0.0168. The van der Waals surface area contributed by atoms with Gasteiger partial charge in [-0.1, -0.05) is 12.1 Å². The molecule has 2 amide bonds. The molecular formula is C21H26FN3O2. The number of likely N-dealkylation sites (N-methyl/N-ethyl adjacent to an activating group) is 1. The van der Waals surface area contributed by atoms with Crippen LogP contribution in [0.1, 0.15) is 29.8 Å². The number of nitrogens with zero attached hydrogens (tertiary/aromatic N) is 2. The van der Waals surface area contributed by atoms with E-state index in [0.717, 1.165) is 5.56 Å². The number of hydrogen-bond donors (Lipinski definition) is 1. The van der Waals surface area contributed by atoms with Crippen molar-refractivity contribution in [1.82, 2.24) is 9.80 Å². The van der Waals surface area contributed by atoms with Crippen LogP contribution in [0.4, 0.5) is 10.1 Å². The summed E-state index contributed by atoms with van der Waals surface area (Å²) < 4.78 is 12.9. The Morgan fingerprint density at radius 3 is 2.11 bits per heavy atom. The molecule has 2 aromatic rings. The van der Waals surface area contributed by atoms with Gasteiger partial charge in [-0.3, -0.25) is 14.5 Å². The van der Waals surface area contributed by atoms with Gasteiger partial charge in [0.1, 0.15) is 5.82 Å². The molecule has 0 aliphatic carbocycles. The molecule has 0 aliphatic heterocycles. The highest BCUT2D eigenvalue weighted by Crippen LogP contribution is 2.12. The maximum atomic E-state index is 12.9. The molecule has 2 aromatic carbocycles. The van der Waals surface area contributed by atoms with Crippen molar-refractivity contribution in [2.75, 3.05) is 32.0 Å². The molecule has 0 unspecified atom stereocenters. The van der Waals surface area contributed by atoms with Gasteiger partial charge >= 0.3 is 0 Å². The van der Waals surface area contributed by atoms with Crippen molar-refractivity contribution in [3.8, 4) is 0 Å². The van der Waals surface area contributed by atoms with Gasteiger partial charge in [-0.2, -0.15) is 0 Å². The van der Waals surface area contributed by atoms with E-state index in [0.29, 0.717) is 30.9 Å². The average molecular weight is 371 g/mol. The van der Waals surface area contributed by atoms with E-state index in [2.05, 4.69) is 5.32 Å². The van der Waals surface area contributed by atoms with E-state index in [1.165, 1.54) is 12.1 Å². The van der Waals surface area contributed by atoms with Crippen LogP contribution in [-0.2, 0) is 11.3 Å². The number of carbonyl (C=O) groups excluding carboxylic acids is 2. The van der Waals surface area contributed by atoms with Gasteiger partial charge < -0.3 is 10.2 Å². The summed E-state index contributed by atoms with van der Waals surface area (Å²) in [5.74, 6) is -0.443. The van der Waals surface area contributed by atoms with E-state index in [1.807, 2.05) is 25.8 Å². The molecule has 0 aromatic heterocycles. The molecule has 1 N–H and O–H groups in total. The lowest BCUT2D eigenvalue weighted by atomic mass is 10.1. The molecule has 0 saturated carbocycles. The maximum absolute atomic E-state index is 12.9. The first-order valence-corrected chi connectivity index (χ1v) is 9.05. The van der Waals surface area contributed by atoms with E-state index in [9.17, 15) is 14.0 Å². The van der Waals surface area contributed by atoms with Crippen LogP contribution in [0.3, 0.4) is 0 Å². The Kier molecular flexibility index (Phi) is 7.49. The summed E-state index contributed by atoms with van der Waals surface area (Å²) in [6.07, 6.45) is 0. The molecule has 27 heavy (non-hydrogen) atoms. The van der Waals surface area contributed by atoms with Crippen LogP contribution in [0.2, 0.25) is 0 Å². The molecule has 6 heteroatoms. The largest absolute Gasteiger partial charge is 0.339 e. The fourth-order valence-corrected chi connectivity index (χ4v) is 2.79. The monoisotopic (exact) mass is 371 g/mol. The first-order chi connectivity index (χ1) is 12.9. The van der Waals surface area contributed by atoms with E-state index in [-0.39, 0.29) is 24.2 Å². The molecule has 0 atom stereocenters. The number of halogens is 1. The highest BCUT2D eigenvalue weighted by atomic mass is 19.1. The highest BCUT2D eigenvalue weighted by molar-refractivity contribution is 5.96. The minimum atomic E-state index is -0.276. The van der Waals surface area contributed by atoms with Gasteiger partial charge in [-0.15, -0.1) is 0 Å². The summed E-state index contributed by atoms with van der Waals surface area (Å²) in [4.78, 5) is 28.1. The molecule has 0 aliphatic rings. The summed E-state index contributed by atoms with van der Waals surface area (Å²) in [7, 11) is 1.83. The molecule has 2 rings (SSSR count). The first kappa shape index (κ1) is 20.6. The summed E-state index contributed by atoms with van der Waals surface area (Å²) in [5.41, 5.74) is 2.18. The Labute approximate surface area is 159 Å². The van der Waals surface area contributed by atoms with Crippen molar-refractivity contribution >= 4 is 17.5 Å². The predicted molar refractivity (Wildman–Crippen MR) is 105 cm³/mol. The van der Waals surface area contributed by atoms with Crippen LogP contribution in [-0.4, -0.2) is 48.3 Å². The zero-order chi connectivity index (χ0) is 19.8. The van der Waals surface area contributed by atoms with Gasteiger partial charge in [0, 0.05) is 30.9 Å². The Bertz CT molecular complexity index is 756. The number of amides is 2. The first-order valence-electron chi connectivity index (χ1n) is 9.05. The second-order valence-corrected chi connectivity index (χ2v) is 6.40. The Balaban J connectivity index is 1.88. The standard InChI is InChI=1S/C21H26FN3O2/c1-4-25(5-2)21(27)17-8-12-19(13-9-17)23-20(26)15-24(3)14-16-6-10-18(22)11-7-16/h6-13H,4-5,14-15H2,1-3H3,(H,23,26). The molecule has 5 nitrogen and oxygen atoms in total. The fourth-order valence-electron chi connectivity index (χ4n) is 2.79. The van der Waals surface area contributed by atoms with Crippen molar-refractivity contribution in [3.63, 3.8) is 0 Å². The quantitative estimate of drug-likeness (QED) is 0.774. The lowest BCUT2D eigenvalue weighted by Crippen LogP contribution is -2.30. The second-order valence-electron chi connectivity index (χ2n) is 6.40. The van der Waals surface area contributed by atoms with Crippen LogP contribution < -0.4 is 5.32 Å². The van der Waals surface area contributed by atoms with Crippen molar-refractivity contribution in [2.45, 2.75) is 20.4 Å². The van der Waals surface area contributed by atoms with E-state index >= 15 is 0 Å². The lowest BCUT2D eigenvalue weighted by Gasteiger charge is -2.19. The normalized spacial score (nSPS) is 10.7. The van der Waals surface area contributed by atoms with Gasteiger partial charge in [0.25, 0.3) is 5.91 Å². The highest BCUT2D eigenvalue weighted by Gasteiger charge is 2.13. The molecule has 144 valence electrons. The van der Waals surface area contributed by atoms with Crippen LogP contribution in [0.25, 0.3) is 0 Å². The molecule has 0 saturated heterocycles. The number of nitrogens with one attached hydrogen (secondary N) is 1. The number of carbonyl (C=O) groups is 2. The van der Waals surface area contributed by atoms with Gasteiger partial charge in [-0.25, -0.2) is 4.39 Å². The zero-order valence-corrected chi connectivity index (χ0v) is 16.0. The van der Waals surface area contributed by atoms with Crippen LogP contribution in [0.15, 0.2) is 48.5 Å². The Hall–Kier alpha value is -2.73. The molecule has 0 radical (unpaired) electrons. The minimum Gasteiger partial charge on any atom is -0.339 e. The average Bonchev–Trinajstić information content (AvgIpc) is 2.65. The van der Waals surface area contributed by atoms with Gasteiger partial charge in [0.15, 0.2) is 0 Å². The van der Waals surface area contributed by atoms with Crippen molar-refractivity contribution < 1.29 is 14.0 Å². The van der Waals surface area contributed by atoms with Gasteiger partial charge in [-0.05, 0) is 62.9 Å². The molecule has 0 fully saturated rings. The fraction of sp³-hybridized carbons (Fsp3) is 0.333. The van der Waals surface area contributed by atoms with Gasteiger partial charge in [0.05, 0.1) is 6.54 Å². The zero-order valence-electron chi connectivity index (χ0n) is 16.0. The number of anilines is 1. The van der Waals surface area contributed by atoms with E-state index in [4.69, 9.17) is 0 Å². The molecule has 0 bridgehead atoms. The topological polar surface area (TPSA) is 52.7 Å². The third-order valence-electron chi connectivity index (χ3n) is 4.25. The van der Waals surface area contributed by atoms with Gasteiger partial charge in [0.2, 0.25) is 5.91 Å². The van der Waals surface area contributed by atoms with Crippen LogP contribution >= 0.6 is 0 Å². The summed E-state index contributed by atoms with van der Waals surface area (Å²) in [6, 6.07) is 13.1. The summed E-state index contributed by atoms with van der Waals surface area (Å²) in [5, 5.41) is 2.83. The van der Waals surface area contributed by atoms with E-state index < -0.39 is 0 Å². The van der Waals surface area contributed by atoms with Crippen molar-refractivity contribution in [3.05, 3.63) is 65.5 Å². The second kappa shape index (κ2) is 9.83. The molecular weight excluding hydrogens is 345 g/mol. The number of rotatable bonds is 8. The third kappa shape index (κ3) is 6.18. The number of hydrogen-bond acceptors (Lipinski definition) is 3. The summed E-state index contributed by atoms with van der Waals surface area (Å²) in [6.45, 7) is 5.96. The maximum Gasteiger partial charge on any atom is 0.253 e. The molecule has 0 spiro atoms. The molecule has 0 heterocycles. The van der Waals surface area contributed by atoms with Crippen molar-refractivity contribution in [2.24, 2.45) is 0 Å². The van der Waals surface area contributed by atoms with Crippen molar-refractivity contribution in [1.29, 1.82) is 0 Å². The third-order valence-corrected chi connectivity index (χ3v) is 4.25. The lowest BCUT2D eigenvalue weighted by molar-refractivity contribution is -0.117. The SMILES string of the molecule is CCN(CC)C(=O)c1ccc(NC(=O)CN(C)Cc2ccc(F)cc2)cc1. The Morgan fingerprint density at radius 2 is 1.56 bits per heavy atom. The van der Waals surface area contributed by atoms with Crippen LogP contribution in [0, 0.1) is 5.82 Å². The van der Waals surface area contributed by atoms with Crippen LogP contribution in [0.5, 0.6) is 0 Å². The summed E-state index contributed by atoms with van der Waals surface area (Å²) >= 11 is 0. The smallest absolute Gasteiger partial charge is 0.253 e.